The van der Waals surface area contributed by atoms with Crippen molar-refractivity contribution >= 4 is 10.0 Å². The maximum Gasteiger partial charge on any atom is 0.211 e. The van der Waals surface area contributed by atoms with Gasteiger partial charge in [0.2, 0.25) is 10.0 Å². The van der Waals surface area contributed by atoms with Crippen LogP contribution in [0.4, 0.5) is 0 Å². The molecule has 1 N–H and O–H groups in total. The zero-order valence-corrected chi connectivity index (χ0v) is 11.3. The molecule has 1 aromatic heterocycles. The second-order valence-electron chi connectivity index (χ2n) is 4.16. The Bertz CT molecular complexity index is 412. The summed E-state index contributed by atoms with van der Waals surface area (Å²) in [4.78, 5) is 1.92. The van der Waals surface area contributed by atoms with Gasteiger partial charge in [0, 0.05) is 6.54 Å². The normalized spacial score (nSPS) is 14.1. The standard InChI is InChI=1S/C11H20N2O3S/c1-4-8-17(14,15)12-9-10(13(2)3)11-6-5-7-16-11/h5-7,10,12H,4,8-9H2,1-3H3. The van der Waals surface area contributed by atoms with Gasteiger partial charge in [0.25, 0.3) is 0 Å². The minimum atomic E-state index is -3.17. The van der Waals surface area contributed by atoms with Gasteiger partial charge in [-0.05, 0) is 32.6 Å². The molecule has 5 nitrogen and oxygen atoms in total. The lowest BCUT2D eigenvalue weighted by Crippen LogP contribution is -2.35. The van der Waals surface area contributed by atoms with Crippen molar-refractivity contribution in [3.8, 4) is 0 Å². The molecule has 0 saturated carbocycles. The average molecular weight is 260 g/mol. The predicted molar refractivity (Wildman–Crippen MR) is 67.2 cm³/mol. The lowest BCUT2D eigenvalue weighted by molar-refractivity contribution is 0.259. The van der Waals surface area contributed by atoms with Crippen molar-refractivity contribution in [3.63, 3.8) is 0 Å². The van der Waals surface area contributed by atoms with Crippen LogP contribution in [-0.2, 0) is 10.0 Å². The number of nitrogens with zero attached hydrogens (tertiary/aromatic N) is 1. The topological polar surface area (TPSA) is 62.6 Å². The van der Waals surface area contributed by atoms with E-state index in [0.717, 1.165) is 5.76 Å². The van der Waals surface area contributed by atoms with Crippen LogP contribution in [0.3, 0.4) is 0 Å². The number of sulfonamides is 1. The monoisotopic (exact) mass is 260 g/mol. The third-order valence-corrected chi connectivity index (χ3v) is 4.02. The first-order valence-electron chi connectivity index (χ1n) is 5.63. The molecule has 1 rings (SSSR count). The van der Waals surface area contributed by atoms with Crippen molar-refractivity contribution in [2.45, 2.75) is 19.4 Å². The molecule has 98 valence electrons. The Balaban J connectivity index is 2.64. The van der Waals surface area contributed by atoms with Crippen LogP contribution in [0.5, 0.6) is 0 Å². The summed E-state index contributed by atoms with van der Waals surface area (Å²) < 4.78 is 31.0. The van der Waals surface area contributed by atoms with Gasteiger partial charge in [0.15, 0.2) is 0 Å². The second-order valence-corrected chi connectivity index (χ2v) is 6.09. The van der Waals surface area contributed by atoms with E-state index in [1.807, 2.05) is 32.0 Å². The Morgan fingerprint density at radius 2 is 2.18 bits per heavy atom. The molecule has 0 bridgehead atoms. The van der Waals surface area contributed by atoms with Gasteiger partial charge < -0.3 is 4.42 Å². The fraction of sp³-hybridized carbons (Fsp3) is 0.636. The quantitative estimate of drug-likeness (QED) is 0.800. The molecule has 6 heteroatoms. The van der Waals surface area contributed by atoms with Crippen molar-refractivity contribution < 1.29 is 12.8 Å². The van der Waals surface area contributed by atoms with Gasteiger partial charge in [-0.1, -0.05) is 6.92 Å². The molecule has 0 aliphatic heterocycles. The summed E-state index contributed by atoms with van der Waals surface area (Å²) >= 11 is 0. The molecule has 1 heterocycles. The van der Waals surface area contributed by atoms with Crippen molar-refractivity contribution in [3.05, 3.63) is 24.2 Å². The van der Waals surface area contributed by atoms with Crippen molar-refractivity contribution in [2.24, 2.45) is 0 Å². The fourth-order valence-corrected chi connectivity index (χ4v) is 2.66. The number of hydrogen-bond acceptors (Lipinski definition) is 4. The molecule has 0 amide bonds. The molecule has 0 aromatic carbocycles. The first-order valence-corrected chi connectivity index (χ1v) is 7.28. The minimum Gasteiger partial charge on any atom is -0.468 e. The number of likely N-dealkylation sites (N-methyl/N-ethyl adjacent to an activating group) is 1. The highest BCUT2D eigenvalue weighted by Gasteiger charge is 2.19. The van der Waals surface area contributed by atoms with Crippen LogP contribution >= 0.6 is 0 Å². The molecular formula is C11H20N2O3S. The molecule has 0 saturated heterocycles. The Morgan fingerprint density at radius 3 is 2.65 bits per heavy atom. The number of hydrogen-bond donors (Lipinski definition) is 1. The van der Waals surface area contributed by atoms with E-state index < -0.39 is 10.0 Å². The van der Waals surface area contributed by atoms with E-state index in [9.17, 15) is 8.42 Å². The van der Waals surface area contributed by atoms with Crippen LogP contribution < -0.4 is 4.72 Å². The lowest BCUT2D eigenvalue weighted by Gasteiger charge is -2.22. The Kier molecular flexibility index (Phi) is 5.17. The summed E-state index contributed by atoms with van der Waals surface area (Å²) in [6.07, 6.45) is 2.20. The van der Waals surface area contributed by atoms with E-state index in [0.29, 0.717) is 13.0 Å². The Hall–Kier alpha value is -0.850. The Morgan fingerprint density at radius 1 is 1.47 bits per heavy atom. The van der Waals surface area contributed by atoms with E-state index in [-0.39, 0.29) is 11.8 Å². The molecular weight excluding hydrogens is 240 g/mol. The summed E-state index contributed by atoms with van der Waals surface area (Å²) in [6, 6.07) is 3.56. The van der Waals surface area contributed by atoms with Crippen molar-refractivity contribution in [2.75, 3.05) is 26.4 Å². The van der Waals surface area contributed by atoms with Crippen LogP contribution in [0.1, 0.15) is 25.1 Å². The fourth-order valence-electron chi connectivity index (χ4n) is 1.57. The summed E-state index contributed by atoms with van der Waals surface area (Å²) in [5, 5.41) is 0. The van der Waals surface area contributed by atoms with Gasteiger partial charge >= 0.3 is 0 Å². The van der Waals surface area contributed by atoms with Crippen LogP contribution in [0, 0.1) is 0 Å². The molecule has 0 aliphatic carbocycles. The summed E-state index contributed by atoms with van der Waals surface area (Å²) in [5.41, 5.74) is 0. The molecule has 0 fully saturated rings. The van der Waals surface area contributed by atoms with Gasteiger partial charge in [-0.25, -0.2) is 13.1 Å². The zero-order chi connectivity index (χ0) is 12.9. The number of nitrogens with one attached hydrogen (secondary N) is 1. The number of rotatable bonds is 7. The molecule has 1 atom stereocenters. The van der Waals surface area contributed by atoms with Gasteiger partial charge in [0.1, 0.15) is 5.76 Å². The van der Waals surface area contributed by atoms with Crippen LogP contribution in [0.15, 0.2) is 22.8 Å². The first-order chi connectivity index (χ1) is 7.96. The van der Waals surface area contributed by atoms with E-state index in [1.54, 1.807) is 12.3 Å². The second kappa shape index (κ2) is 6.18. The maximum atomic E-state index is 11.6. The SMILES string of the molecule is CCCS(=O)(=O)NCC(c1ccco1)N(C)C. The maximum absolute atomic E-state index is 11.6. The van der Waals surface area contributed by atoms with Crippen LogP contribution in [0.25, 0.3) is 0 Å². The average Bonchev–Trinajstić information content (AvgIpc) is 2.70. The highest BCUT2D eigenvalue weighted by atomic mass is 32.2. The molecule has 0 spiro atoms. The predicted octanol–water partition coefficient (Wildman–Crippen LogP) is 1.21. The van der Waals surface area contributed by atoms with E-state index in [1.165, 1.54) is 0 Å². The largest absolute Gasteiger partial charge is 0.468 e. The lowest BCUT2D eigenvalue weighted by atomic mass is 10.2. The zero-order valence-electron chi connectivity index (χ0n) is 10.5. The van der Waals surface area contributed by atoms with E-state index in [2.05, 4.69) is 4.72 Å². The molecule has 17 heavy (non-hydrogen) atoms. The molecule has 0 radical (unpaired) electrons. The van der Waals surface area contributed by atoms with E-state index in [4.69, 9.17) is 4.42 Å². The van der Waals surface area contributed by atoms with Crippen molar-refractivity contribution in [1.29, 1.82) is 0 Å². The number of furan rings is 1. The van der Waals surface area contributed by atoms with Crippen molar-refractivity contribution in [1.82, 2.24) is 9.62 Å². The van der Waals surface area contributed by atoms with Gasteiger partial charge in [-0.3, -0.25) is 4.90 Å². The molecule has 1 unspecified atom stereocenters. The smallest absolute Gasteiger partial charge is 0.211 e. The van der Waals surface area contributed by atoms with E-state index >= 15 is 0 Å². The van der Waals surface area contributed by atoms with Gasteiger partial charge in [-0.15, -0.1) is 0 Å². The molecule has 0 aliphatic rings. The van der Waals surface area contributed by atoms with Crippen LogP contribution in [0.2, 0.25) is 0 Å². The minimum absolute atomic E-state index is 0.0865. The van der Waals surface area contributed by atoms with Crippen LogP contribution in [-0.4, -0.2) is 39.7 Å². The molecule has 1 aromatic rings. The first kappa shape index (κ1) is 14.2. The highest BCUT2D eigenvalue weighted by molar-refractivity contribution is 7.89. The van der Waals surface area contributed by atoms with Gasteiger partial charge in [-0.2, -0.15) is 0 Å². The van der Waals surface area contributed by atoms with Gasteiger partial charge in [0.05, 0.1) is 18.1 Å². The third-order valence-electron chi connectivity index (χ3n) is 2.46. The summed E-state index contributed by atoms with van der Waals surface area (Å²) in [7, 11) is 0.611. The third kappa shape index (κ3) is 4.49. The summed E-state index contributed by atoms with van der Waals surface area (Å²) in [5.74, 6) is 0.917. The Labute approximate surface area is 103 Å². The highest BCUT2D eigenvalue weighted by Crippen LogP contribution is 2.17. The summed E-state index contributed by atoms with van der Waals surface area (Å²) in [6.45, 7) is 2.16.